The third-order valence-electron chi connectivity index (χ3n) is 2.88. The Morgan fingerprint density at radius 2 is 2.41 bits per heavy atom. The average molecular weight is 246 g/mol. The van der Waals surface area contributed by atoms with E-state index in [0.717, 1.165) is 12.1 Å². The van der Waals surface area contributed by atoms with Crippen LogP contribution in [0, 0.1) is 11.3 Å². The topological polar surface area (TPSA) is 44.1 Å². The molecule has 3 nitrogen and oxygen atoms in total. The Kier molecular flexibility index (Phi) is 3.70. The SMILES string of the molecule is CN(C(=O)CC#N)c1ccc2c(c1)CCCS2. The molecule has 1 aliphatic heterocycles. The van der Waals surface area contributed by atoms with Crippen molar-refractivity contribution in [2.45, 2.75) is 24.2 Å². The van der Waals surface area contributed by atoms with Crippen LogP contribution in [0.1, 0.15) is 18.4 Å². The zero-order valence-electron chi connectivity index (χ0n) is 9.77. The fourth-order valence-electron chi connectivity index (χ4n) is 1.89. The molecule has 0 unspecified atom stereocenters. The summed E-state index contributed by atoms with van der Waals surface area (Å²) in [5.41, 5.74) is 2.20. The van der Waals surface area contributed by atoms with E-state index < -0.39 is 0 Å². The van der Waals surface area contributed by atoms with E-state index in [1.165, 1.54) is 22.6 Å². The van der Waals surface area contributed by atoms with Crippen molar-refractivity contribution >= 4 is 23.4 Å². The van der Waals surface area contributed by atoms with Gasteiger partial charge in [-0.25, -0.2) is 0 Å². The van der Waals surface area contributed by atoms with Gasteiger partial charge in [0.25, 0.3) is 0 Å². The molecule has 1 amide bonds. The number of benzene rings is 1. The largest absolute Gasteiger partial charge is 0.315 e. The molecular formula is C13H14N2OS. The molecule has 0 fully saturated rings. The second kappa shape index (κ2) is 5.24. The molecule has 2 rings (SSSR count). The minimum Gasteiger partial charge on any atom is -0.315 e. The van der Waals surface area contributed by atoms with Gasteiger partial charge in [0.1, 0.15) is 6.42 Å². The van der Waals surface area contributed by atoms with Crippen LogP contribution in [0.3, 0.4) is 0 Å². The number of hydrogen-bond donors (Lipinski definition) is 0. The maximum Gasteiger partial charge on any atom is 0.240 e. The van der Waals surface area contributed by atoms with Crippen molar-refractivity contribution in [3.8, 4) is 6.07 Å². The van der Waals surface area contributed by atoms with Crippen molar-refractivity contribution in [1.29, 1.82) is 5.26 Å². The van der Waals surface area contributed by atoms with Crippen molar-refractivity contribution in [3.05, 3.63) is 23.8 Å². The number of fused-ring (bicyclic) bond motifs is 1. The number of carbonyl (C=O) groups is 1. The Morgan fingerprint density at radius 3 is 3.18 bits per heavy atom. The summed E-state index contributed by atoms with van der Waals surface area (Å²) >= 11 is 1.87. The smallest absolute Gasteiger partial charge is 0.240 e. The standard InChI is InChI=1S/C13H14N2OS/c1-15(13(16)6-7-14)11-4-5-12-10(9-11)3-2-8-17-12/h4-5,9H,2-3,6,8H2,1H3. The van der Waals surface area contributed by atoms with Crippen LogP contribution >= 0.6 is 11.8 Å². The maximum atomic E-state index is 11.6. The fraction of sp³-hybridized carbons (Fsp3) is 0.385. The van der Waals surface area contributed by atoms with E-state index in [0.29, 0.717) is 0 Å². The lowest BCUT2D eigenvalue weighted by atomic mass is 10.1. The van der Waals surface area contributed by atoms with E-state index in [1.807, 2.05) is 23.9 Å². The molecule has 17 heavy (non-hydrogen) atoms. The molecule has 1 heterocycles. The van der Waals surface area contributed by atoms with Gasteiger partial charge in [0.2, 0.25) is 5.91 Å². The van der Waals surface area contributed by atoms with Crippen LogP contribution in [0.4, 0.5) is 5.69 Å². The number of nitrogens with zero attached hydrogens (tertiary/aromatic N) is 2. The van der Waals surface area contributed by atoms with E-state index in [9.17, 15) is 4.79 Å². The quantitative estimate of drug-likeness (QED) is 0.805. The number of rotatable bonds is 2. The molecular weight excluding hydrogens is 232 g/mol. The maximum absolute atomic E-state index is 11.6. The number of hydrogen-bond acceptors (Lipinski definition) is 3. The molecule has 0 saturated carbocycles. The number of anilines is 1. The highest BCUT2D eigenvalue weighted by Gasteiger charge is 2.14. The summed E-state index contributed by atoms with van der Waals surface area (Å²) in [4.78, 5) is 14.5. The van der Waals surface area contributed by atoms with Crippen LogP contribution in [-0.4, -0.2) is 18.7 Å². The van der Waals surface area contributed by atoms with Gasteiger partial charge in [-0.1, -0.05) is 0 Å². The van der Waals surface area contributed by atoms with Crippen LogP contribution in [0.15, 0.2) is 23.1 Å². The summed E-state index contributed by atoms with van der Waals surface area (Å²) in [5, 5.41) is 8.52. The van der Waals surface area contributed by atoms with Crippen molar-refractivity contribution in [1.82, 2.24) is 0 Å². The van der Waals surface area contributed by atoms with Gasteiger partial charge in [0.15, 0.2) is 0 Å². The van der Waals surface area contributed by atoms with E-state index >= 15 is 0 Å². The lowest BCUT2D eigenvalue weighted by molar-refractivity contribution is -0.117. The fourth-order valence-corrected chi connectivity index (χ4v) is 2.90. The van der Waals surface area contributed by atoms with E-state index in [4.69, 9.17) is 5.26 Å². The van der Waals surface area contributed by atoms with Gasteiger partial charge in [0.05, 0.1) is 6.07 Å². The summed E-state index contributed by atoms with van der Waals surface area (Å²) in [6.07, 6.45) is 2.20. The van der Waals surface area contributed by atoms with Crippen molar-refractivity contribution in [3.63, 3.8) is 0 Å². The normalized spacial score (nSPS) is 13.6. The lowest BCUT2D eigenvalue weighted by Gasteiger charge is -2.20. The monoisotopic (exact) mass is 246 g/mol. The van der Waals surface area contributed by atoms with Gasteiger partial charge >= 0.3 is 0 Å². The highest BCUT2D eigenvalue weighted by molar-refractivity contribution is 7.99. The zero-order valence-corrected chi connectivity index (χ0v) is 10.6. The van der Waals surface area contributed by atoms with Crippen LogP contribution in [-0.2, 0) is 11.2 Å². The Morgan fingerprint density at radius 1 is 1.59 bits per heavy atom. The van der Waals surface area contributed by atoms with Gasteiger partial charge in [0, 0.05) is 17.6 Å². The van der Waals surface area contributed by atoms with Crippen LogP contribution < -0.4 is 4.90 Å². The minimum atomic E-state index is -0.157. The van der Waals surface area contributed by atoms with E-state index in [1.54, 1.807) is 11.9 Å². The minimum absolute atomic E-state index is 0.0671. The van der Waals surface area contributed by atoms with Gasteiger partial charge < -0.3 is 4.90 Å². The second-order valence-electron chi connectivity index (χ2n) is 4.03. The van der Waals surface area contributed by atoms with E-state index in [-0.39, 0.29) is 12.3 Å². The molecule has 1 aromatic rings. The van der Waals surface area contributed by atoms with Crippen LogP contribution in [0.5, 0.6) is 0 Å². The number of carbonyl (C=O) groups excluding carboxylic acids is 1. The molecule has 0 bridgehead atoms. The molecule has 0 spiro atoms. The highest BCUT2D eigenvalue weighted by Crippen LogP contribution is 2.32. The summed E-state index contributed by atoms with van der Waals surface area (Å²) in [6, 6.07) is 7.98. The van der Waals surface area contributed by atoms with Gasteiger partial charge in [-0.3, -0.25) is 4.79 Å². The van der Waals surface area contributed by atoms with Gasteiger partial charge in [-0.05, 0) is 42.4 Å². The predicted octanol–water partition coefficient (Wildman–Crippen LogP) is 2.60. The van der Waals surface area contributed by atoms with Crippen LogP contribution in [0.25, 0.3) is 0 Å². The van der Waals surface area contributed by atoms with Gasteiger partial charge in [-0.15, -0.1) is 11.8 Å². The average Bonchev–Trinajstić information content (AvgIpc) is 2.37. The molecule has 0 N–H and O–H groups in total. The molecule has 4 heteroatoms. The number of aryl methyl sites for hydroxylation is 1. The molecule has 88 valence electrons. The molecule has 0 atom stereocenters. The Labute approximate surface area is 105 Å². The van der Waals surface area contributed by atoms with E-state index in [2.05, 4.69) is 12.1 Å². The first kappa shape index (κ1) is 12.0. The van der Waals surface area contributed by atoms with Gasteiger partial charge in [-0.2, -0.15) is 5.26 Å². The Hall–Kier alpha value is -1.47. The van der Waals surface area contributed by atoms with Crippen LogP contribution in [0.2, 0.25) is 0 Å². The van der Waals surface area contributed by atoms with Crippen molar-refractivity contribution in [2.24, 2.45) is 0 Å². The number of amides is 1. The van der Waals surface area contributed by atoms with Crippen molar-refractivity contribution in [2.75, 3.05) is 17.7 Å². The first-order chi connectivity index (χ1) is 8.22. The first-order valence-electron chi connectivity index (χ1n) is 5.61. The van der Waals surface area contributed by atoms with Crippen molar-refractivity contribution < 1.29 is 4.79 Å². The summed E-state index contributed by atoms with van der Waals surface area (Å²) in [6.45, 7) is 0. The second-order valence-corrected chi connectivity index (χ2v) is 5.17. The number of nitriles is 1. The summed E-state index contributed by atoms with van der Waals surface area (Å²) in [7, 11) is 1.72. The molecule has 0 aliphatic carbocycles. The molecule has 0 aromatic heterocycles. The first-order valence-corrected chi connectivity index (χ1v) is 6.60. The Balaban J connectivity index is 2.22. The number of thioether (sulfide) groups is 1. The molecule has 0 saturated heterocycles. The molecule has 1 aliphatic rings. The summed E-state index contributed by atoms with van der Waals surface area (Å²) in [5.74, 6) is 1.02. The molecule has 1 aromatic carbocycles. The highest BCUT2D eigenvalue weighted by atomic mass is 32.2. The Bertz CT molecular complexity index is 479. The third-order valence-corrected chi connectivity index (χ3v) is 4.09. The third kappa shape index (κ3) is 2.62. The summed E-state index contributed by atoms with van der Waals surface area (Å²) < 4.78 is 0. The zero-order chi connectivity index (χ0) is 12.3. The lowest BCUT2D eigenvalue weighted by Crippen LogP contribution is -2.25. The predicted molar refractivity (Wildman–Crippen MR) is 69.1 cm³/mol. The molecule has 0 radical (unpaired) electrons.